The zero-order chi connectivity index (χ0) is 22.3. The van der Waals surface area contributed by atoms with Crippen molar-refractivity contribution < 1.29 is 9.53 Å². The SMILES string of the molecule is Cc1ccsc1C(=O)NCC(C)Oc1ccc(CN2CCC(c3ccccc3)CC2)cc1. The van der Waals surface area contributed by atoms with Gasteiger partial charge in [0, 0.05) is 6.54 Å². The second-order valence-corrected chi connectivity index (χ2v) is 9.59. The Morgan fingerprint density at radius 2 is 1.81 bits per heavy atom. The number of rotatable bonds is 8. The number of ether oxygens (including phenoxy) is 1. The molecule has 4 nitrogen and oxygen atoms in total. The number of benzene rings is 2. The fraction of sp³-hybridized carbons (Fsp3) is 0.370. The lowest BCUT2D eigenvalue weighted by molar-refractivity contribution is 0.0935. The van der Waals surface area contributed by atoms with E-state index in [0.717, 1.165) is 35.8 Å². The number of piperidine rings is 1. The monoisotopic (exact) mass is 448 g/mol. The first-order chi connectivity index (χ1) is 15.6. The van der Waals surface area contributed by atoms with Crippen molar-refractivity contribution in [2.24, 2.45) is 0 Å². The Morgan fingerprint density at radius 3 is 2.47 bits per heavy atom. The molecule has 2 heterocycles. The first-order valence-corrected chi connectivity index (χ1v) is 12.3. The van der Waals surface area contributed by atoms with Crippen LogP contribution in [0.1, 0.15) is 52.0 Å². The van der Waals surface area contributed by atoms with E-state index in [1.807, 2.05) is 37.4 Å². The predicted octanol–water partition coefficient (Wildman–Crippen LogP) is 5.63. The molecule has 1 amide bonds. The number of carbonyl (C=O) groups excluding carboxylic acids is 1. The summed E-state index contributed by atoms with van der Waals surface area (Å²) in [6, 6.07) is 21.2. The topological polar surface area (TPSA) is 41.6 Å². The van der Waals surface area contributed by atoms with Crippen molar-refractivity contribution in [1.82, 2.24) is 10.2 Å². The van der Waals surface area contributed by atoms with Crippen LogP contribution in [-0.2, 0) is 6.54 Å². The molecule has 1 saturated heterocycles. The molecule has 1 aromatic heterocycles. The van der Waals surface area contributed by atoms with Gasteiger partial charge in [0.25, 0.3) is 5.91 Å². The maximum absolute atomic E-state index is 12.3. The largest absolute Gasteiger partial charge is 0.489 e. The highest BCUT2D eigenvalue weighted by atomic mass is 32.1. The third kappa shape index (κ3) is 5.99. The minimum absolute atomic E-state index is 0.0284. The Labute approximate surface area is 195 Å². The Morgan fingerprint density at radius 1 is 1.09 bits per heavy atom. The van der Waals surface area contributed by atoms with Gasteiger partial charge < -0.3 is 10.1 Å². The summed E-state index contributed by atoms with van der Waals surface area (Å²) in [6.45, 7) is 7.67. The van der Waals surface area contributed by atoms with Crippen LogP contribution in [0, 0.1) is 6.92 Å². The van der Waals surface area contributed by atoms with E-state index in [4.69, 9.17) is 4.74 Å². The first-order valence-electron chi connectivity index (χ1n) is 11.4. The third-order valence-corrected chi connectivity index (χ3v) is 7.16. The number of amides is 1. The summed E-state index contributed by atoms with van der Waals surface area (Å²) < 4.78 is 6.00. The standard InChI is InChI=1S/C27H32N2O2S/c1-20-14-17-32-26(20)27(30)28-18-21(2)31-25-10-8-22(9-11-25)19-29-15-12-24(13-16-29)23-6-4-3-5-7-23/h3-11,14,17,21,24H,12-13,15-16,18-19H2,1-2H3,(H,28,30). The molecular weight excluding hydrogens is 416 g/mol. The number of hydrogen-bond donors (Lipinski definition) is 1. The minimum Gasteiger partial charge on any atom is -0.489 e. The fourth-order valence-corrected chi connectivity index (χ4v) is 5.12. The molecule has 5 heteroatoms. The third-order valence-electron chi connectivity index (χ3n) is 6.14. The van der Waals surface area contributed by atoms with E-state index in [0.29, 0.717) is 12.5 Å². The summed E-state index contributed by atoms with van der Waals surface area (Å²) >= 11 is 1.47. The Balaban J connectivity index is 1.20. The molecule has 0 saturated carbocycles. The Kier molecular flexibility index (Phi) is 7.61. The van der Waals surface area contributed by atoms with Gasteiger partial charge in [-0.15, -0.1) is 11.3 Å². The van der Waals surface area contributed by atoms with Gasteiger partial charge >= 0.3 is 0 Å². The van der Waals surface area contributed by atoms with E-state index in [1.54, 1.807) is 0 Å². The molecule has 0 radical (unpaired) electrons. The first kappa shape index (κ1) is 22.6. The molecule has 1 atom stereocenters. The number of carbonyl (C=O) groups is 1. The molecule has 2 aromatic carbocycles. The lowest BCUT2D eigenvalue weighted by atomic mass is 9.89. The molecule has 1 unspecified atom stereocenters. The highest BCUT2D eigenvalue weighted by molar-refractivity contribution is 7.12. The Bertz CT molecular complexity index is 992. The van der Waals surface area contributed by atoms with E-state index in [9.17, 15) is 4.79 Å². The molecule has 1 N–H and O–H groups in total. The van der Waals surface area contributed by atoms with Crippen LogP contribution in [0.5, 0.6) is 5.75 Å². The predicted molar refractivity (Wildman–Crippen MR) is 132 cm³/mol. The summed E-state index contributed by atoms with van der Waals surface area (Å²) in [5, 5.41) is 4.91. The minimum atomic E-state index is -0.0953. The van der Waals surface area contributed by atoms with Crippen LogP contribution >= 0.6 is 11.3 Å². The van der Waals surface area contributed by atoms with Crippen LogP contribution in [-0.4, -0.2) is 36.5 Å². The summed E-state index contributed by atoms with van der Waals surface area (Å²) in [6.07, 6.45) is 2.35. The molecule has 0 aliphatic carbocycles. The normalized spacial score (nSPS) is 15.9. The smallest absolute Gasteiger partial charge is 0.261 e. The van der Waals surface area contributed by atoms with Gasteiger partial charge in [-0.2, -0.15) is 0 Å². The van der Waals surface area contributed by atoms with Gasteiger partial charge in [-0.25, -0.2) is 0 Å². The molecule has 3 aromatic rings. The molecule has 32 heavy (non-hydrogen) atoms. The van der Waals surface area contributed by atoms with Gasteiger partial charge in [0.15, 0.2) is 0 Å². The van der Waals surface area contributed by atoms with Crippen molar-refractivity contribution in [3.8, 4) is 5.75 Å². The van der Waals surface area contributed by atoms with Crippen LogP contribution in [0.15, 0.2) is 66.0 Å². The zero-order valence-electron chi connectivity index (χ0n) is 18.9. The zero-order valence-corrected chi connectivity index (χ0v) is 19.7. The van der Waals surface area contributed by atoms with Crippen LogP contribution < -0.4 is 10.1 Å². The quantitative estimate of drug-likeness (QED) is 0.485. The molecule has 1 aliphatic heterocycles. The maximum Gasteiger partial charge on any atom is 0.261 e. The number of likely N-dealkylation sites (tertiary alicyclic amines) is 1. The average molecular weight is 449 g/mol. The van der Waals surface area contributed by atoms with Gasteiger partial charge in [0.1, 0.15) is 11.9 Å². The second-order valence-electron chi connectivity index (χ2n) is 8.68. The summed E-state index contributed by atoms with van der Waals surface area (Å²) in [5.41, 5.74) is 3.80. The Hall–Kier alpha value is -2.63. The summed E-state index contributed by atoms with van der Waals surface area (Å²) in [5.74, 6) is 1.50. The maximum atomic E-state index is 12.3. The number of thiophene rings is 1. The average Bonchev–Trinajstić information content (AvgIpc) is 3.26. The molecule has 1 fully saturated rings. The molecule has 4 rings (SSSR count). The van der Waals surface area contributed by atoms with E-state index >= 15 is 0 Å². The summed E-state index contributed by atoms with van der Waals surface area (Å²) in [7, 11) is 0. The van der Waals surface area contributed by atoms with Gasteiger partial charge in [-0.3, -0.25) is 9.69 Å². The highest BCUT2D eigenvalue weighted by Crippen LogP contribution is 2.28. The lowest BCUT2D eigenvalue weighted by Gasteiger charge is -2.32. The van der Waals surface area contributed by atoms with E-state index in [1.165, 1.54) is 35.3 Å². The van der Waals surface area contributed by atoms with Crippen LogP contribution in [0.2, 0.25) is 0 Å². The van der Waals surface area contributed by atoms with Crippen LogP contribution in [0.25, 0.3) is 0 Å². The van der Waals surface area contributed by atoms with Gasteiger partial charge in [-0.1, -0.05) is 42.5 Å². The molecule has 0 bridgehead atoms. The van der Waals surface area contributed by atoms with Crippen LogP contribution in [0.3, 0.4) is 0 Å². The van der Waals surface area contributed by atoms with E-state index < -0.39 is 0 Å². The number of hydrogen-bond acceptors (Lipinski definition) is 4. The number of aryl methyl sites for hydroxylation is 1. The number of nitrogens with zero attached hydrogens (tertiary/aromatic N) is 1. The lowest BCUT2D eigenvalue weighted by Crippen LogP contribution is -2.33. The van der Waals surface area contributed by atoms with Gasteiger partial charge in [-0.05, 0) is 86.0 Å². The van der Waals surface area contributed by atoms with Crippen molar-refractivity contribution >= 4 is 17.2 Å². The van der Waals surface area contributed by atoms with Gasteiger partial charge in [0.2, 0.25) is 0 Å². The van der Waals surface area contributed by atoms with Crippen molar-refractivity contribution in [2.45, 2.75) is 45.3 Å². The molecule has 0 spiro atoms. The molecular formula is C27H32N2O2S. The van der Waals surface area contributed by atoms with Crippen molar-refractivity contribution in [1.29, 1.82) is 0 Å². The number of nitrogens with one attached hydrogen (secondary N) is 1. The van der Waals surface area contributed by atoms with E-state index in [2.05, 4.69) is 52.7 Å². The van der Waals surface area contributed by atoms with Crippen molar-refractivity contribution in [3.63, 3.8) is 0 Å². The molecule has 1 aliphatic rings. The van der Waals surface area contributed by atoms with Crippen molar-refractivity contribution in [3.05, 3.63) is 87.6 Å². The highest BCUT2D eigenvalue weighted by Gasteiger charge is 2.20. The fourth-order valence-electron chi connectivity index (χ4n) is 4.28. The van der Waals surface area contributed by atoms with Gasteiger partial charge in [0.05, 0.1) is 11.4 Å². The van der Waals surface area contributed by atoms with Crippen LogP contribution in [0.4, 0.5) is 0 Å². The summed E-state index contributed by atoms with van der Waals surface area (Å²) in [4.78, 5) is 15.6. The van der Waals surface area contributed by atoms with E-state index in [-0.39, 0.29) is 12.0 Å². The van der Waals surface area contributed by atoms with Crippen molar-refractivity contribution in [2.75, 3.05) is 19.6 Å². The molecule has 168 valence electrons. The second kappa shape index (κ2) is 10.8.